The van der Waals surface area contributed by atoms with Crippen molar-refractivity contribution in [3.8, 4) is 0 Å². The highest BCUT2D eigenvalue weighted by molar-refractivity contribution is 6.33. The Kier molecular flexibility index (Phi) is 13.7. The van der Waals surface area contributed by atoms with E-state index in [0.29, 0.717) is 35.2 Å². The Morgan fingerprint density at radius 3 is 2.16 bits per heavy atom. The van der Waals surface area contributed by atoms with E-state index in [-0.39, 0.29) is 54.2 Å². The third-order valence-corrected chi connectivity index (χ3v) is 8.04. The van der Waals surface area contributed by atoms with Crippen LogP contribution in [0.25, 0.3) is 11.0 Å². The van der Waals surface area contributed by atoms with Gasteiger partial charge in [-0.05, 0) is 56.4 Å². The van der Waals surface area contributed by atoms with E-state index in [1.54, 1.807) is 31.1 Å². The summed E-state index contributed by atoms with van der Waals surface area (Å²) in [5.74, 6) is -5.96. The lowest BCUT2D eigenvalue weighted by molar-refractivity contribution is -0.143. The maximum Gasteiger partial charge on any atom is 0.326 e. The lowest BCUT2D eigenvalue weighted by Gasteiger charge is -2.21. The van der Waals surface area contributed by atoms with E-state index in [1.165, 1.54) is 12.1 Å². The Labute approximate surface area is 289 Å². The van der Waals surface area contributed by atoms with E-state index in [9.17, 15) is 43.8 Å². The first-order valence-corrected chi connectivity index (χ1v) is 15.9. The van der Waals surface area contributed by atoms with E-state index in [2.05, 4.69) is 30.9 Å². The summed E-state index contributed by atoms with van der Waals surface area (Å²) < 4.78 is 0. The van der Waals surface area contributed by atoms with Crippen LogP contribution in [0.4, 0.5) is 11.6 Å². The van der Waals surface area contributed by atoms with Gasteiger partial charge in [0.15, 0.2) is 0 Å². The Hall–Kier alpha value is -5.65. The van der Waals surface area contributed by atoms with Crippen LogP contribution in [0.15, 0.2) is 29.2 Å². The fourth-order valence-corrected chi connectivity index (χ4v) is 5.34. The number of hydrogen-bond donors (Lipinski definition) is 9. The van der Waals surface area contributed by atoms with Crippen molar-refractivity contribution in [2.24, 2.45) is 0 Å². The van der Waals surface area contributed by atoms with Gasteiger partial charge in [0.05, 0.1) is 16.1 Å². The number of rotatable bonds is 19. The standard InChI is InChI=1S/C31H39ClN8O10/c1-15(3-10-24(43)44)35-22(41)8-5-19(29(47)48)36-23(42)9-6-20(30(49)50)37-27(45)16-4-7-21(18(32)13-16)40(2)12-11-17-14-34-26-25(17)28(46)39-31(33)38-26/h4,7,13-15,19-20H,3,5-6,8-12H2,1-2H3,(H,35,41)(H,36,42)(H,37,45)(H,43,44)(H,47,48)(H,49,50)(H4,33,34,38,39,46)/t15?,19-,20-/m0/s1. The Morgan fingerprint density at radius 2 is 1.56 bits per heavy atom. The average Bonchev–Trinajstić information content (AvgIpc) is 3.45. The molecule has 0 aliphatic heterocycles. The second kappa shape index (κ2) is 17.7. The van der Waals surface area contributed by atoms with Gasteiger partial charge in [-0.25, -0.2) is 9.59 Å². The molecule has 0 radical (unpaired) electrons. The number of aliphatic carboxylic acids is 3. The van der Waals surface area contributed by atoms with Gasteiger partial charge >= 0.3 is 17.9 Å². The molecular formula is C31H39ClN8O10. The van der Waals surface area contributed by atoms with Crippen molar-refractivity contribution in [3.63, 3.8) is 0 Å². The van der Waals surface area contributed by atoms with Crippen molar-refractivity contribution in [1.82, 2.24) is 30.9 Å². The molecule has 3 amide bonds. The average molecular weight is 719 g/mol. The molecule has 0 fully saturated rings. The minimum atomic E-state index is -1.50. The molecule has 0 saturated carbocycles. The number of aromatic nitrogens is 3. The second-order valence-electron chi connectivity index (χ2n) is 11.6. The van der Waals surface area contributed by atoms with Gasteiger partial charge < -0.3 is 46.9 Å². The summed E-state index contributed by atoms with van der Waals surface area (Å²) in [6, 6.07) is 0.985. The smallest absolute Gasteiger partial charge is 0.326 e. The largest absolute Gasteiger partial charge is 0.481 e. The number of amides is 3. The van der Waals surface area contributed by atoms with E-state index >= 15 is 0 Å². The fraction of sp³-hybridized carbons (Fsp3) is 0.419. The van der Waals surface area contributed by atoms with Crippen LogP contribution < -0.4 is 32.1 Å². The molecule has 19 heteroatoms. The lowest BCUT2D eigenvalue weighted by Crippen LogP contribution is -2.44. The maximum absolute atomic E-state index is 12.9. The number of benzene rings is 1. The molecule has 0 aliphatic carbocycles. The first-order valence-electron chi connectivity index (χ1n) is 15.5. The summed E-state index contributed by atoms with van der Waals surface area (Å²) in [5.41, 5.74) is 6.91. The number of nitrogens with zero attached hydrogens (tertiary/aromatic N) is 2. The number of nitrogens with two attached hydrogens (primary N) is 1. The number of likely N-dealkylation sites (N-methyl/N-ethyl adjacent to an activating group) is 1. The van der Waals surface area contributed by atoms with Gasteiger partial charge in [-0.3, -0.25) is 29.0 Å². The highest BCUT2D eigenvalue weighted by Gasteiger charge is 2.25. The molecule has 2 heterocycles. The molecule has 10 N–H and O–H groups in total. The predicted molar refractivity (Wildman–Crippen MR) is 181 cm³/mol. The zero-order valence-electron chi connectivity index (χ0n) is 27.2. The van der Waals surface area contributed by atoms with Crippen LogP contribution in [0.5, 0.6) is 0 Å². The van der Waals surface area contributed by atoms with Crippen molar-refractivity contribution in [1.29, 1.82) is 0 Å². The molecule has 50 heavy (non-hydrogen) atoms. The van der Waals surface area contributed by atoms with Crippen LogP contribution >= 0.6 is 11.6 Å². The molecule has 3 atom stereocenters. The normalized spacial score (nSPS) is 12.8. The van der Waals surface area contributed by atoms with Crippen molar-refractivity contribution >= 4 is 69.9 Å². The van der Waals surface area contributed by atoms with E-state index < -0.39 is 60.2 Å². The number of carbonyl (C=O) groups is 6. The predicted octanol–water partition coefficient (Wildman–Crippen LogP) is 0.848. The molecule has 1 aromatic carbocycles. The summed E-state index contributed by atoms with van der Waals surface area (Å²) in [6.07, 6.45) is 0.793. The van der Waals surface area contributed by atoms with Crippen molar-refractivity contribution in [3.05, 3.63) is 50.9 Å². The summed E-state index contributed by atoms with van der Waals surface area (Å²) in [5, 5.41) is 35.6. The molecule has 0 bridgehead atoms. The summed E-state index contributed by atoms with van der Waals surface area (Å²) >= 11 is 6.47. The van der Waals surface area contributed by atoms with Crippen LogP contribution in [0.1, 0.15) is 61.4 Å². The number of halogens is 1. The Morgan fingerprint density at radius 1 is 0.940 bits per heavy atom. The van der Waals surface area contributed by atoms with Crippen molar-refractivity contribution < 1.29 is 44.1 Å². The molecule has 2 aromatic heterocycles. The second-order valence-corrected chi connectivity index (χ2v) is 12.0. The fourth-order valence-electron chi connectivity index (χ4n) is 5.02. The van der Waals surface area contributed by atoms with E-state index in [1.807, 2.05) is 0 Å². The quantitative estimate of drug-likeness (QED) is 0.0832. The number of nitrogens with one attached hydrogen (secondary N) is 5. The minimum absolute atomic E-state index is 0.00681. The molecule has 3 aromatic rings. The van der Waals surface area contributed by atoms with Gasteiger partial charge in [-0.1, -0.05) is 11.6 Å². The highest BCUT2D eigenvalue weighted by Crippen LogP contribution is 2.27. The zero-order chi connectivity index (χ0) is 37.1. The molecule has 3 rings (SSSR count). The van der Waals surface area contributed by atoms with Crippen LogP contribution in [-0.4, -0.2) is 97.6 Å². The number of hydrogen-bond acceptors (Lipinski definition) is 10. The number of anilines is 2. The minimum Gasteiger partial charge on any atom is -0.481 e. The van der Waals surface area contributed by atoms with Gasteiger partial charge in [0.2, 0.25) is 17.8 Å². The van der Waals surface area contributed by atoms with Gasteiger partial charge in [0, 0.05) is 50.7 Å². The monoisotopic (exact) mass is 718 g/mol. The van der Waals surface area contributed by atoms with Crippen LogP contribution in [0.2, 0.25) is 5.02 Å². The summed E-state index contributed by atoms with van der Waals surface area (Å²) in [4.78, 5) is 95.4. The van der Waals surface area contributed by atoms with Gasteiger partial charge in [0.25, 0.3) is 11.5 Å². The first-order chi connectivity index (χ1) is 23.5. The number of carboxylic acids is 3. The Bertz CT molecular complexity index is 1810. The molecule has 1 unspecified atom stereocenters. The highest BCUT2D eigenvalue weighted by atomic mass is 35.5. The van der Waals surface area contributed by atoms with Crippen LogP contribution in [0.3, 0.4) is 0 Å². The van der Waals surface area contributed by atoms with Crippen molar-refractivity contribution in [2.75, 3.05) is 24.2 Å². The summed E-state index contributed by atoms with van der Waals surface area (Å²) in [6.45, 7) is 2.03. The number of carboxylic acid groups (broad SMARTS) is 3. The van der Waals surface area contributed by atoms with E-state index in [0.717, 1.165) is 0 Å². The molecule has 270 valence electrons. The van der Waals surface area contributed by atoms with E-state index in [4.69, 9.17) is 22.4 Å². The number of nitrogen functional groups attached to an aromatic ring is 1. The van der Waals surface area contributed by atoms with Gasteiger partial charge in [0.1, 0.15) is 17.7 Å². The first kappa shape index (κ1) is 38.8. The van der Waals surface area contributed by atoms with Crippen LogP contribution in [0, 0.1) is 0 Å². The third-order valence-electron chi connectivity index (χ3n) is 7.74. The lowest BCUT2D eigenvalue weighted by atomic mass is 10.1. The maximum atomic E-state index is 12.9. The summed E-state index contributed by atoms with van der Waals surface area (Å²) in [7, 11) is 1.76. The van der Waals surface area contributed by atoms with Crippen molar-refractivity contribution in [2.45, 2.75) is 70.0 Å². The number of aromatic amines is 2. The SMILES string of the molecule is CC(CCC(=O)O)NC(=O)CC[C@H](NC(=O)CC[C@H](NC(=O)c1ccc(N(C)CCc2c[nH]c3nc(N)[nH]c(=O)c23)c(Cl)c1)C(=O)O)C(=O)O. The molecule has 0 saturated heterocycles. The number of fused-ring (bicyclic) bond motifs is 1. The molecule has 0 spiro atoms. The molecule has 18 nitrogen and oxygen atoms in total. The zero-order valence-corrected chi connectivity index (χ0v) is 28.0. The van der Waals surface area contributed by atoms with Crippen LogP contribution in [-0.2, 0) is 30.4 Å². The Balaban J connectivity index is 1.52. The van der Waals surface area contributed by atoms with Gasteiger partial charge in [-0.15, -0.1) is 0 Å². The van der Waals surface area contributed by atoms with Gasteiger partial charge in [-0.2, -0.15) is 4.98 Å². The number of carbonyl (C=O) groups excluding carboxylic acids is 3. The molecule has 0 aliphatic rings. The molecular weight excluding hydrogens is 680 g/mol. The number of H-pyrrole nitrogens is 2. The topological polar surface area (TPSA) is 290 Å². The third kappa shape index (κ3) is 11.2.